The molecular formula is C19H30IN7. The first-order valence-corrected chi connectivity index (χ1v) is 9.40. The minimum absolute atomic E-state index is 0. The van der Waals surface area contributed by atoms with Gasteiger partial charge in [-0.25, -0.2) is 9.98 Å². The van der Waals surface area contributed by atoms with Gasteiger partial charge in [0.1, 0.15) is 18.7 Å². The molecule has 1 aromatic heterocycles. The number of aryl methyl sites for hydroxylation is 1. The molecule has 27 heavy (non-hydrogen) atoms. The zero-order valence-electron chi connectivity index (χ0n) is 16.4. The van der Waals surface area contributed by atoms with Crippen molar-refractivity contribution in [3.8, 4) is 0 Å². The number of aliphatic imine (C=N–C) groups is 1. The summed E-state index contributed by atoms with van der Waals surface area (Å²) >= 11 is 0. The average molecular weight is 483 g/mol. The van der Waals surface area contributed by atoms with Gasteiger partial charge >= 0.3 is 0 Å². The molecule has 2 heterocycles. The van der Waals surface area contributed by atoms with Crippen LogP contribution in [-0.2, 0) is 13.6 Å². The average Bonchev–Trinajstić information content (AvgIpc) is 3.32. The van der Waals surface area contributed by atoms with Crippen molar-refractivity contribution in [3.63, 3.8) is 0 Å². The Hall–Kier alpha value is -1.84. The molecule has 0 radical (unpaired) electrons. The van der Waals surface area contributed by atoms with Gasteiger partial charge in [0.2, 0.25) is 0 Å². The van der Waals surface area contributed by atoms with E-state index in [1.807, 2.05) is 7.05 Å². The zero-order valence-corrected chi connectivity index (χ0v) is 18.7. The largest absolute Gasteiger partial charge is 0.372 e. The summed E-state index contributed by atoms with van der Waals surface area (Å²) in [6.07, 6.45) is 4.13. The van der Waals surface area contributed by atoms with Gasteiger partial charge in [-0.2, -0.15) is 5.10 Å². The van der Waals surface area contributed by atoms with Gasteiger partial charge in [-0.1, -0.05) is 12.1 Å². The van der Waals surface area contributed by atoms with Gasteiger partial charge in [0.05, 0.1) is 6.04 Å². The maximum absolute atomic E-state index is 4.64. The van der Waals surface area contributed by atoms with Gasteiger partial charge in [-0.05, 0) is 44.4 Å². The Bertz CT molecular complexity index is 737. The van der Waals surface area contributed by atoms with Gasteiger partial charge < -0.3 is 15.5 Å². The van der Waals surface area contributed by atoms with Gasteiger partial charge in [0.15, 0.2) is 5.96 Å². The highest BCUT2D eigenvalue weighted by Crippen LogP contribution is 2.23. The second-order valence-electron chi connectivity index (χ2n) is 6.65. The molecule has 1 unspecified atom stereocenters. The summed E-state index contributed by atoms with van der Waals surface area (Å²) in [6.45, 7) is 7.86. The summed E-state index contributed by atoms with van der Waals surface area (Å²) in [7, 11) is 1.88. The summed E-state index contributed by atoms with van der Waals surface area (Å²) in [5.41, 5.74) is 2.58. The standard InChI is InChI=1S/C19H29N7.HI/c1-4-20-19(21-13-18-22-14-23-25(18)3)24-15(2)16-8-7-9-17(12-16)26-10-5-6-11-26;/h7-9,12,14-15H,4-6,10-11,13H2,1-3H3,(H2,20,21,24);1H. The van der Waals surface area contributed by atoms with E-state index in [2.05, 4.69) is 68.7 Å². The van der Waals surface area contributed by atoms with Crippen LogP contribution >= 0.6 is 24.0 Å². The van der Waals surface area contributed by atoms with Crippen LogP contribution in [0.5, 0.6) is 0 Å². The number of hydrogen-bond donors (Lipinski definition) is 2. The lowest BCUT2D eigenvalue weighted by Crippen LogP contribution is -2.38. The van der Waals surface area contributed by atoms with E-state index < -0.39 is 0 Å². The summed E-state index contributed by atoms with van der Waals surface area (Å²) in [4.78, 5) is 11.3. The van der Waals surface area contributed by atoms with Crippen molar-refractivity contribution in [3.05, 3.63) is 42.0 Å². The number of aromatic nitrogens is 3. The fourth-order valence-corrected chi connectivity index (χ4v) is 3.19. The first-order chi connectivity index (χ1) is 12.7. The summed E-state index contributed by atoms with van der Waals surface area (Å²) in [5.74, 6) is 1.63. The monoisotopic (exact) mass is 483 g/mol. The lowest BCUT2D eigenvalue weighted by molar-refractivity contribution is 0.672. The van der Waals surface area contributed by atoms with Crippen LogP contribution in [-0.4, -0.2) is 40.4 Å². The predicted octanol–water partition coefficient (Wildman–Crippen LogP) is 2.85. The SMILES string of the molecule is CCNC(=NCc1ncnn1C)NC(C)c1cccc(N2CCCC2)c1.I. The molecule has 3 rings (SSSR count). The molecule has 7 nitrogen and oxygen atoms in total. The van der Waals surface area contributed by atoms with Crippen molar-refractivity contribution in [2.45, 2.75) is 39.3 Å². The Balaban J connectivity index is 0.00000261. The normalized spacial score (nSPS) is 15.4. The molecule has 1 aromatic carbocycles. The van der Waals surface area contributed by atoms with Crippen LogP contribution in [0.15, 0.2) is 35.6 Å². The van der Waals surface area contributed by atoms with E-state index in [1.165, 1.54) is 24.1 Å². The van der Waals surface area contributed by atoms with E-state index in [0.29, 0.717) is 6.54 Å². The minimum Gasteiger partial charge on any atom is -0.372 e. The fourth-order valence-electron chi connectivity index (χ4n) is 3.19. The number of guanidine groups is 1. The third kappa shape index (κ3) is 5.82. The van der Waals surface area contributed by atoms with Crippen molar-refractivity contribution in [2.24, 2.45) is 12.0 Å². The summed E-state index contributed by atoms with van der Waals surface area (Å²) < 4.78 is 1.75. The molecular weight excluding hydrogens is 453 g/mol. The Morgan fingerprint density at radius 3 is 2.74 bits per heavy atom. The predicted molar refractivity (Wildman–Crippen MR) is 121 cm³/mol. The summed E-state index contributed by atoms with van der Waals surface area (Å²) in [5, 5.41) is 10.9. The van der Waals surface area contributed by atoms with Crippen molar-refractivity contribution >= 4 is 35.6 Å². The molecule has 1 aliphatic heterocycles. The van der Waals surface area contributed by atoms with E-state index in [-0.39, 0.29) is 30.0 Å². The van der Waals surface area contributed by atoms with E-state index >= 15 is 0 Å². The molecule has 2 aromatic rings. The van der Waals surface area contributed by atoms with Crippen molar-refractivity contribution in [1.82, 2.24) is 25.4 Å². The second kappa shape index (κ2) is 10.5. The Morgan fingerprint density at radius 1 is 1.30 bits per heavy atom. The highest BCUT2D eigenvalue weighted by molar-refractivity contribution is 14.0. The number of halogens is 1. The summed E-state index contributed by atoms with van der Waals surface area (Å²) in [6, 6.07) is 8.97. The van der Waals surface area contributed by atoms with Gasteiger partial charge in [0, 0.05) is 32.4 Å². The molecule has 1 fully saturated rings. The first-order valence-electron chi connectivity index (χ1n) is 9.40. The molecule has 1 atom stereocenters. The number of rotatable bonds is 6. The van der Waals surface area contributed by atoms with Crippen LogP contribution in [0.2, 0.25) is 0 Å². The van der Waals surface area contributed by atoms with Crippen molar-refractivity contribution in [2.75, 3.05) is 24.5 Å². The fraction of sp³-hybridized carbons (Fsp3) is 0.526. The first kappa shape index (κ1) is 21.5. The number of benzene rings is 1. The lowest BCUT2D eigenvalue weighted by Gasteiger charge is -2.22. The van der Waals surface area contributed by atoms with Crippen LogP contribution in [0, 0.1) is 0 Å². The third-order valence-corrected chi connectivity index (χ3v) is 4.72. The van der Waals surface area contributed by atoms with E-state index in [4.69, 9.17) is 0 Å². The van der Waals surface area contributed by atoms with Crippen LogP contribution in [0.25, 0.3) is 0 Å². The molecule has 2 N–H and O–H groups in total. The Morgan fingerprint density at radius 2 is 2.07 bits per heavy atom. The Kier molecular flexibility index (Phi) is 8.33. The van der Waals surface area contributed by atoms with Crippen LogP contribution in [0.4, 0.5) is 5.69 Å². The quantitative estimate of drug-likeness (QED) is 0.376. The van der Waals surface area contributed by atoms with E-state index in [0.717, 1.165) is 31.4 Å². The Labute approximate surface area is 178 Å². The molecule has 0 aliphatic carbocycles. The molecule has 0 amide bonds. The molecule has 0 spiro atoms. The van der Waals surface area contributed by atoms with E-state index in [1.54, 1.807) is 11.0 Å². The van der Waals surface area contributed by atoms with Gasteiger partial charge in [0.25, 0.3) is 0 Å². The third-order valence-electron chi connectivity index (χ3n) is 4.72. The minimum atomic E-state index is 0. The van der Waals surface area contributed by atoms with Gasteiger partial charge in [-0.15, -0.1) is 24.0 Å². The van der Waals surface area contributed by atoms with Crippen molar-refractivity contribution < 1.29 is 0 Å². The smallest absolute Gasteiger partial charge is 0.192 e. The molecule has 0 bridgehead atoms. The van der Waals surface area contributed by atoms with Crippen molar-refractivity contribution in [1.29, 1.82) is 0 Å². The van der Waals surface area contributed by atoms with Crippen LogP contribution in [0.3, 0.4) is 0 Å². The topological polar surface area (TPSA) is 70.4 Å². The number of nitrogens with one attached hydrogen (secondary N) is 2. The molecule has 8 heteroatoms. The van der Waals surface area contributed by atoms with Crippen LogP contribution < -0.4 is 15.5 Å². The number of nitrogens with zero attached hydrogens (tertiary/aromatic N) is 5. The lowest BCUT2D eigenvalue weighted by atomic mass is 10.1. The zero-order chi connectivity index (χ0) is 18.4. The number of anilines is 1. The van der Waals surface area contributed by atoms with Gasteiger partial charge in [-0.3, -0.25) is 4.68 Å². The highest BCUT2D eigenvalue weighted by Gasteiger charge is 2.14. The van der Waals surface area contributed by atoms with Crippen LogP contribution in [0.1, 0.15) is 44.1 Å². The molecule has 148 valence electrons. The molecule has 1 aliphatic rings. The second-order valence-corrected chi connectivity index (χ2v) is 6.65. The van der Waals surface area contributed by atoms with E-state index in [9.17, 15) is 0 Å². The molecule has 1 saturated heterocycles. The maximum atomic E-state index is 4.64. The number of hydrogen-bond acceptors (Lipinski definition) is 4. The molecule has 0 saturated carbocycles. The maximum Gasteiger partial charge on any atom is 0.192 e. The highest BCUT2D eigenvalue weighted by atomic mass is 127.